The number of carbonyl (C=O) groups excluding carboxylic acids is 4. The molecule has 0 spiro atoms. The van der Waals surface area contributed by atoms with E-state index in [4.69, 9.17) is 0 Å². The number of rotatable bonds is 8. The zero-order chi connectivity index (χ0) is 34.4. The number of hydrogen-bond donors (Lipinski definition) is 2. The number of aliphatic hydroxyl groups is 1. The van der Waals surface area contributed by atoms with E-state index in [1.54, 1.807) is 38.4 Å². The predicted molar refractivity (Wildman–Crippen MR) is 178 cm³/mol. The van der Waals surface area contributed by atoms with E-state index in [1.807, 2.05) is 64.1 Å². The van der Waals surface area contributed by atoms with Crippen molar-refractivity contribution in [2.24, 2.45) is 10.8 Å². The highest BCUT2D eigenvalue weighted by Crippen LogP contribution is 2.36. The molecule has 3 amide bonds. The number of nitrogens with one attached hydrogen (secondary N) is 1. The van der Waals surface area contributed by atoms with Crippen molar-refractivity contribution in [1.29, 1.82) is 0 Å². The fourth-order valence-corrected chi connectivity index (χ4v) is 7.18. The van der Waals surface area contributed by atoms with Crippen molar-refractivity contribution in [2.45, 2.75) is 91.8 Å². The van der Waals surface area contributed by atoms with Crippen LogP contribution in [0.1, 0.15) is 81.2 Å². The maximum absolute atomic E-state index is 15.8. The number of halogens is 1. The summed E-state index contributed by atoms with van der Waals surface area (Å²) < 4.78 is 15.8. The van der Waals surface area contributed by atoms with Gasteiger partial charge in [0, 0.05) is 23.9 Å². The first-order chi connectivity index (χ1) is 22.0. The van der Waals surface area contributed by atoms with Crippen molar-refractivity contribution in [1.82, 2.24) is 20.1 Å². The number of thiazole rings is 1. The van der Waals surface area contributed by atoms with Crippen LogP contribution >= 0.6 is 11.3 Å². The maximum Gasteiger partial charge on any atom is 0.255 e. The predicted octanol–water partition coefficient (Wildman–Crippen LogP) is 5.26. The van der Waals surface area contributed by atoms with E-state index < -0.39 is 59.6 Å². The minimum Gasteiger partial charge on any atom is -0.388 e. The van der Waals surface area contributed by atoms with Crippen molar-refractivity contribution in [3.63, 3.8) is 0 Å². The molecule has 0 unspecified atom stereocenters. The summed E-state index contributed by atoms with van der Waals surface area (Å²) >= 11 is 1.51. The SMILES string of the molecule is Cc1ncsc1-c1ccc([C@H](CC(=O)C(C)(C)C)NC(=O)[C@@H]2[C@@H](F)[C@@H](O)CN2C(=O)[C@@H](N2Cc3ccccc3C2=O)C(C)(C)C)cc1. The summed E-state index contributed by atoms with van der Waals surface area (Å²) in [4.78, 5) is 62.9. The lowest BCUT2D eigenvalue weighted by atomic mass is 9.84. The van der Waals surface area contributed by atoms with E-state index in [-0.39, 0.29) is 24.7 Å². The molecular formula is C36H43FN4O5S. The average Bonchev–Trinajstić information content (AvgIpc) is 3.66. The molecule has 2 aliphatic rings. The van der Waals surface area contributed by atoms with Crippen LogP contribution in [0.2, 0.25) is 0 Å². The number of Topliss-reactive ketones (excluding diaryl/α,β-unsaturated/α-hetero) is 1. The Kier molecular flexibility index (Phi) is 9.45. The normalized spacial score (nSPS) is 21.0. The van der Waals surface area contributed by atoms with E-state index >= 15 is 4.39 Å². The van der Waals surface area contributed by atoms with Gasteiger partial charge in [-0.25, -0.2) is 9.37 Å². The Morgan fingerprint density at radius 2 is 1.72 bits per heavy atom. The zero-order valence-electron chi connectivity index (χ0n) is 27.9. The largest absolute Gasteiger partial charge is 0.388 e. The van der Waals surface area contributed by atoms with Crippen LogP contribution in [0.3, 0.4) is 0 Å². The molecule has 0 bridgehead atoms. The van der Waals surface area contributed by atoms with E-state index in [1.165, 1.54) is 16.2 Å². The van der Waals surface area contributed by atoms with Gasteiger partial charge < -0.3 is 20.2 Å². The first-order valence-electron chi connectivity index (χ1n) is 15.8. The number of nitrogens with zero attached hydrogens (tertiary/aromatic N) is 3. The van der Waals surface area contributed by atoms with Crippen molar-refractivity contribution in [3.8, 4) is 10.4 Å². The Morgan fingerprint density at radius 3 is 2.30 bits per heavy atom. The number of amides is 3. The van der Waals surface area contributed by atoms with E-state index in [0.29, 0.717) is 11.1 Å². The first kappa shape index (κ1) is 34.4. The summed E-state index contributed by atoms with van der Waals surface area (Å²) in [5, 5.41) is 13.5. The number of carbonyl (C=O) groups is 4. The standard InChI is InChI=1S/C36H43FN4O5S/c1-20-30(47-19-38-20)22-14-12-21(13-15-22)25(16-27(43)35(2,3)4)39-32(44)29-28(37)26(42)18-40(29)34(46)31(36(5,6)7)41-17-23-10-8-9-11-24(23)33(41)45/h8-15,19,25-26,28-29,31,42H,16-18H2,1-7H3,(H,39,44)/t25-,26-,28-,29-,31+/m0/s1. The van der Waals surface area contributed by atoms with Crippen LogP contribution in [0.15, 0.2) is 54.0 Å². The summed E-state index contributed by atoms with van der Waals surface area (Å²) in [7, 11) is 0. The van der Waals surface area contributed by atoms with Gasteiger partial charge in [-0.15, -0.1) is 11.3 Å². The lowest BCUT2D eigenvalue weighted by Crippen LogP contribution is -2.59. The Morgan fingerprint density at radius 1 is 1.06 bits per heavy atom. The minimum atomic E-state index is -2.07. The van der Waals surface area contributed by atoms with Gasteiger partial charge in [0.15, 0.2) is 6.17 Å². The van der Waals surface area contributed by atoms with Gasteiger partial charge in [-0.05, 0) is 35.1 Å². The highest BCUT2D eigenvalue weighted by Gasteiger charge is 2.53. The highest BCUT2D eigenvalue weighted by atomic mass is 32.1. The molecule has 5 rings (SSSR count). The summed E-state index contributed by atoms with van der Waals surface area (Å²) in [5.74, 6) is -1.87. The van der Waals surface area contributed by atoms with Crippen molar-refractivity contribution in [3.05, 3.63) is 76.4 Å². The third-order valence-electron chi connectivity index (χ3n) is 9.02. The Labute approximate surface area is 279 Å². The quantitative estimate of drug-likeness (QED) is 0.340. The van der Waals surface area contributed by atoms with Crippen LogP contribution in [0.25, 0.3) is 10.4 Å². The fraction of sp³-hybridized carbons (Fsp3) is 0.472. The number of aliphatic hydroxyl groups excluding tert-OH is 1. The van der Waals surface area contributed by atoms with Crippen LogP contribution in [0.5, 0.6) is 0 Å². The second kappa shape index (κ2) is 12.9. The molecule has 9 nitrogen and oxygen atoms in total. The Hall–Kier alpha value is -3.96. The Balaban J connectivity index is 1.44. The molecule has 0 aliphatic carbocycles. The molecule has 2 aliphatic heterocycles. The minimum absolute atomic E-state index is 0.0561. The number of aromatic nitrogens is 1. The van der Waals surface area contributed by atoms with Crippen LogP contribution in [-0.4, -0.2) is 74.3 Å². The summed E-state index contributed by atoms with van der Waals surface area (Å²) in [6.45, 7) is 12.5. The number of benzene rings is 2. The third-order valence-corrected chi connectivity index (χ3v) is 10.00. The molecule has 250 valence electrons. The molecule has 11 heteroatoms. The van der Waals surface area contributed by atoms with Crippen molar-refractivity contribution < 1.29 is 28.7 Å². The molecule has 0 saturated carbocycles. The molecule has 2 N–H and O–H groups in total. The van der Waals surface area contributed by atoms with Crippen molar-refractivity contribution >= 4 is 34.8 Å². The third kappa shape index (κ3) is 6.87. The number of ketones is 1. The van der Waals surface area contributed by atoms with Crippen LogP contribution in [-0.2, 0) is 20.9 Å². The van der Waals surface area contributed by atoms with E-state index in [9.17, 15) is 24.3 Å². The van der Waals surface area contributed by atoms with E-state index in [2.05, 4.69) is 10.3 Å². The molecule has 47 heavy (non-hydrogen) atoms. The lowest BCUT2D eigenvalue weighted by Gasteiger charge is -2.40. The van der Waals surface area contributed by atoms with Gasteiger partial charge in [-0.3, -0.25) is 19.2 Å². The van der Waals surface area contributed by atoms with Crippen LogP contribution in [0, 0.1) is 17.8 Å². The van der Waals surface area contributed by atoms with Gasteiger partial charge in [-0.1, -0.05) is 84.0 Å². The number of aryl methyl sites for hydroxylation is 1. The van der Waals surface area contributed by atoms with Gasteiger partial charge in [0.1, 0.15) is 24.0 Å². The molecule has 3 heterocycles. The molecule has 0 radical (unpaired) electrons. The number of fused-ring (bicyclic) bond motifs is 1. The van der Waals surface area contributed by atoms with Crippen molar-refractivity contribution in [2.75, 3.05) is 6.54 Å². The monoisotopic (exact) mass is 662 g/mol. The second-order valence-electron chi connectivity index (χ2n) is 14.6. The molecule has 1 fully saturated rings. The number of likely N-dealkylation sites (tertiary alicyclic amines) is 1. The van der Waals surface area contributed by atoms with Gasteiger partial charge in [0.25, 0.3) is 5.91 Å². The highest BCUT2D eigenvalue weighted by molar-refractivity contribution is 7.13. The molecule has 3 aromatic rings. The van der Waals surface area contributed by atoms with Gasteiger partial charge >= 0.3 is 0 Å². The summed E-state index contributed by atoms with van der Waals surface area (Å²) in [6.07, 6.45) is -3.72. The molecular weight excluding hydrogens is 619 g/mol. The number of alkyl halides is 1. The number of β-amino-alcohol motifs (C(OH)–C–C–N with tert-alkyl or cyclic N) is 1. The fourth-order valence-electron chi connectivity index (χ4n) is 6.37. The summed E-state index contributed by atoms with van der Waals surface area (Å²) in [6, 6.07) is 11.0. The van der Waals surface area contributed by atoms with Crippen LogP contribution in [0.4, 0.5) is 4.39 Å². The first-order valence-corrected chi connectivity index (χ1v) is 16.7. The van der Waals surface area contributed by atoms with Gasteiger partial charge in [0.05, 0.1) is 28.7 Å². The zero-order valence-corrected chi connectivity index (χ0v) is 28.7. The Bertz CT molecular complexity index is 1680. The molecule has 1 aromatic heterocycles. The lowest BCUT2D eigenvalue weighted by molar-refractivity contribution is -0.146. The second-order valence-corrected chi connectivity index (χ2v) is 15.5. The number of hydrogen-bond acceptors (Lipinski definition) is 7. The topological polar surface area (TPSA) is 120 Å². The maximum atomic E-state index is 15.8. The summed E-state index contributed by atoms with van der Waals surface area (Å²) in [5.41, 5.74) is 4.03. The molecule has 5 atom stereocenters. The van der Waals surface area contributed by atoms with Gasteiger partial charge in [-0.2, -0.15) is 0 Å². The van der Waals surface area contributed by atoms with E-state index in [0.717, 1.165) is 26.6 Å². The molecule has 1 saturated heterocycles. The molecule has 2 aromatic carbocycles. The smallest absolute Gasteiger partial charge is 0.255 e. The average molecular weight is 663 g/mol. The van der Waals surface area contributed by atoms with Crippen LogP contribution < -0.4 is 5.32 Å². The van der Waals surface area contributed by atoms with Gasteiger partial charge in [0.2, 0.25) is 11.8 Å².